The minimum atomic E-state index is -3.34. The van der Waals surface area contributed by atoms with Gasteiger partial charge in [0.1, 0.15) is 21.8 Å². The highest BCUT2D eigenvalue weighted by atomic mass is 32.2. The molecule has 0 radical (unpaired) electrons. The smallest absolute Gasteiger partial charge is 0.166 e. The highest BCUT2D eigenvalue weighted by Gasteiger charge is 2.28. The molecule has 2 heterocycles. The number of nitrogens with zero attached hydrogens (tertiary/aromatic N) is 2. The lowest BCUT2D eigenvalue weighted by Gasteiger charge is -2.17. The Morgan fingerprint density at radius 2 is 2.09 bits per heavy atom. The highest BCUT2D eigenvalue weighted by Crippen LogP contribution is 2.31. The predicted molar refractivity (Wildman–Crippen MR) is 120 cm³/mol. The molecule has 0 spiro atoms. The second kappa shape index (κ2) is 8.59. The van der Waals surface area contributed by atoms with E-state index in [1.54, 1.807) is 30.0 Å². The van der Waals surface area contributed by atoms with Crippen LogP contribution in [0.3, 0.4) is 0 Å². The maximum Gasteiger partial charge on any atom is 0.166 e. The number of halogens is 1. The molecule has 4 N–H and O–H groups in total. The number of hydrogen-bond acceptors (Lipinski definition) is 5. The van der Waals surface area contributed by atoms with Crippen molar-refractivity contribution >= 4 is 21.7 Å². The maximum absolute atomic E-state index is 13.6. The van der Waals surface area contributed by atoms with Crippen LogP contribution in [0, 0.1) is 21.9 Å². The monoisotopic (exact) mass is 451 g/mol. The van der Waals surface area contributed by atoms with E-state index in [4.69, 9.17) is 10.0 Å². The predicted octanol–water partition coefficient (Wildman–Crippen LogP) is 3.69. The van der Waals surface area contributed by atoms with E-state index in [-0.39, 0.29) is 16.5 Å². The van der Waals surface area contributed by atoms with E-state index < -0.39 is 22.0 Å². The van der Waals surface area contributed by atoms with E-state index in [1.807, 2.05) is 36.4 Å². The lowest BCUT2D eigenvalue weighted by Crippen LogP contribution is -2.33. The van der Waals surface area contributed by atoms with Gasteiger partial charge in [0.05, 0.1) is 16.2 Å². The summed E-state index contributed by atoms with van der Waals surface area (Å²) in [5, 5.41) is 22.8. The summed E-state index contributed by atoms with van der Waals surface area (Å²) in [6, 6.07) is 15.0. The number of aromatic nitrogens is 1. The quantitative estimate of drug-likeness (QED) is 0.443. The second-order valence-corrected chi connectivity index (χ2v) is 9.37. The number of aliphatic hydroxyl groups is 1. The largest absolute Gasteiger partial charge is 0.368 e. The molecule has 0 bridgehead atoms. The molecular formula is C23H22FN5O2S. The van der Waals surface area contributed by atoms with Crippen molar-refractivity contribution in [3.63, 3.8) is 0 Å². The molecule has 0 saturated heterocycles. The number of nitrogens with one attached hydrogen (secondary N) is 3. The van der Waals surface area contributed by atoms with Crippen molar-refractivity contribution in [2.75, 3.05) is 5.32 Å². The summed E-state index contributed by atoms with van der Waals surface area (Å²) in [5.41, 5.74) is 2.15. The third kappa shape index (κ3) is 4.29. The third-order valence-corrected chi connectivity index (χ3v) is 6.88. The van der Waals surface area contributed by atoms with E-state index in [0.717, 1.165) is 11.6 Å². The first-order valence-electron chi connectivity index (χ1n) is 9.90. The van der Waals surface area contributed by atoms with Gasteiger partial charge in [0.2, 0.25) is 0 Å². The molecule has 0 fully saturated rings. The van der Waals surface area contributed by atoms with E-state index in [2.05, 4.69) is 10.0 Å². The van der Waals surface area contributed by atoms with Crippen molar-refractivity contribution in [1.82, 2.24) is 9.29 Å². The number of anilines is 1. The maximum atomic E-state index is 13.6. The Bertz CT molecular complexity index is 1330. The van der Waals surface area contributed by atoms with Crippen LogP contribution >= 0.6 is 0 Å². The second-order valence-electron chi connectivity index (χ2n) is 7.59. The van der Waals surface area contributed by atoms with Gasteiger partial charge in [0.25, 0.3) is 0 Å². The summed E-state index contributed by atoms with van der Waals surface area (Å²) in [7, 11) is -1.65. The molecule has 0 aliphatic carbocycles. The Morgan fingerprint density at radius 3 is 2.81 bits per heavy atom. The van der Waals surface area contributed by atoms with Crippen molar-refractivity contribution < 1.29 is 13.7 Å². The van der Waals surface area contributed by atoms with Crippen LogP contribution in [0.2, 0.25) is 0 Å². The molecule has 1 aromatic heterocycles. The van der Waals surface area contributed by atoms with Crippen molar-refractivity contribution in [3.05, 3.63) is 89.0 Å². The van der Waals surface area contributed by atoms with Gasteiger partial charge in [-0.3, -0.25) is 0 Å². The molecule has 1 aliphatic rings. The summed E-state index contributed by atoms with van der Waals surface area (Å²) in [5.74, 6) is -0.646. The van der Waals surface area contributed by atoms with Crippen LogP contribution in [0.5, 0.6) is 0 Å². The zero-order chi connectivity index (χ0) is 22.9. The summed E-state index contributed by atoms with van der Waals surface area (Å²) in [6.45, 7) is 0. The Kier molecular flexibility index (Phi) is 5.84. The van der Waals surface area contributed by atoms with Gasteiger partial charge in [0, 0.05) is 30.5 Å². The van der Waals surface area contributed by atoms with Crippen LogP contribution in [-0.4, -0.2) is 19.9 Å². The fraction of sp³-hybridized carbons (Fsp3) is 0.174. The first-order valence-corrected chi connectivity index (χ1v) is 11.5. The van der Waals surface area contributed by atoms with Gasteiger partial charge in [-0.25, -0.2) is 18.1 Å². The Labute approximate surface area is 185 Å². The lowest BCUT2D eigenvalue weighted by atomic mass is 10.1. The number of hydrogen-bond donors (Lipinski definition) is 4. The number of nitriles is 1. The molecule has 2 unspecified atom stereocenters. The minimum Gasteiger partial charge on any atom is -0.368 e. The van der Waals surface area contributed by atoms with Gasteiger partial charge < -0.3 is 15.0 Å². The van der Waals surface area contributed by atoms with Crippen molar-refractivity contribution in [3.8, 4) is 6.07 Å². The van der Waals surface area contributed by atoms with Crippen LogP contribution in [0.4, 0.5) is 10.1 Å². The Hall–Kier alpha value is -3.45. The molecule has 3 aromatic rings. The van der Waals surface area contributed by atoms with Crippen LogP contribution in [0.25, 0.3) is 6.08 Å². The van der Waals surface area contributed by atoms with Gasteiger partial charge >= 0.3 is 0 Å². The first-order chi connectivity index (χ1) is 15.3. The molecule has 32 heavy (non-hydrogen) atoms. The van der Waals surface area contributed by atoms with Gasteiger partial charge in [-0.05, 0) is 30.2 Å². The van der Waals surface area contributed by atoms with Crippen molar-refractivity contribution in [2.45, 2.75) is 23.6 Å². The van der Waals surface area contributed by atoms with E-state index in [0.29, 0.717) is 23.4 Å². The number of aryl methyl sites for hydroxylation is 1. The summed E-state index contributed by atoms with van der Waals surface area (Å²) in [4.78, 5) is 0.277. The molecule has 0 amide bonds. The summed E-state index contributed by atoms with van der Waals surface area (Å²) in [6.07, 6.45) is 4.49. The zero-order valence-electron chi connectivity index (χ0n) is 17.2. The Morgan fingerprint density at radius 1 is 1.34 bits per heavy atom. The highest BCUT2D eigenvalue weighted by molar-refractivity contribution is 7.90. The molecular weight excluding hydrogens is 429 g/mol. The molecule has 1 aliphatic heterocycles. The van der Waals surface area contributed by atoms with Gasteiger partial charge in [-0.1, -0.05) is 42.5 Å². The fourth-order valence-electron chi connectivity index (χ4n) is 3.80. The number of aliphatic hydroxyl groups excluding tert-OH is 1. The van der Waals surface area contributed by atoms with Crippen LogP contribution < -0.4 is 10.0 Å². The molecule has 4 rings (SSSR count). The summed E-state index contributed by atoms with van der Waals surface area (Å²) < 4.78 is 39.9. The first kappa shape index (κ1) is 21.8. The topological polar surface area (TPSA) is 114 Å². The molecule has 3 atom stereocenters. The van der Waals surface area contributed by atoms with Gasteiger partial charge in [0.15, 0.2) is 6.23 Å². The molecule has 0 saturated carbocycles. The third-order valence-electron chi connectivity index (χ3n) is 5.30. The van der Waals surface area contributed by atoms with E-state index in [1.165, 1.54) is 12.1 Å². The zero-order valence-corrected chi connectivity index (χ0v) is 18.1. The average Bonchev–Trinajstić information content (AvgIpc) is 3.05. The average molecular weight is 452 g/mol. The molecule has 2 aromatic carbocycles. The number of fused-ring (bicyclic) bond motifs is 1. The van der Waals surface area contributed by atoms with Crippen LogP contribution in [0.1, 0.15) is 28.6 Å². The van der Waals surface area contributed by atoms with Gasteiger partial charge in [-0.2, -0.15) is 5.26 Å². The number of rotatable bonds is 5. The molecule has 164 valence electrons. The lowest BCUT2D eigenvalue weighted by molar-refractivity contribution is 0.199. The van der Waals surface area contributed by atoms with Gasteiger partial charge in [-0.15, -0.1) is 0 Å². The molecule has 9 heteroatoms. The number of benzene rings is 2. The normalized spacial score (nSPS) is 20.8. The standard InChI is InChI=1S/C23H22FN5O2S/c1-29-14-21-19(22(29)23(30)27-17-8-10-20(24)16(12-17)13-25)9-7-18(28-32(21,26)31)11-15-5-3-2-4-6-15/h2-10,12,14,18,23,27,30H,11H2,1H3,(H2,26,28,31)/t18-,23?,32?/m1/s1. The summed E-state index contributed by atoms with van der Waals surface area (Å²) >= 11 is 0. The SMILES string of the molecule is Cn1cc2c(c1C(O)Nc1ccc(F)c(C#N)c1)C=C[C@H](Cc1ccccc1)NS2(=N)=O. The van der Waals surface area contributed by atoms with E-state index in [9.17, 15) is 13.7 Å². The fourth-order valence-corrected chi connectivity index (χ4v) is 5.31. The van der Waals surface area contributed by atoms with Crippen LogP contribution in [-0.2, 0) is 23.4 Å². The van der Waals surface area contributed by atoms with Crippen molar-refractivity contribution in [2.24, 2.45) is 7.05 Å². The van der Waals surface area contributed by atoms with Crippen molar-refractivity contribution in [1.29, 1.82) is 10.0 Å². The molecule has 7 nitrogen and oxygen atoms in total. The van der Waals surface area contributed by atoms with Crippen LogP contribution in [0.15, 0.2) is 65.7 Å². The Balaban J connectivity index is 1.66. The van der Waals surface area contributed by atoms with E-state index >= 15 is 0 Å². The minimum absolute atomic E-state index is 0.144.